The van der Waals surface area contributed by atoms with E-state index in [2.05, 4.69) is 4.29 Å². The van der Waals surface area contributed by atoms with Gasteiger partial charge in [0.15, 0.2) is 0 Å². The zero-order valence-electron chi connectivity index (χ0n) is 6.13. The summed E-state index contributed by atoms with van der Waals surface area (Å²) in [5.41, 5.74) is 0. The smallest absolute Gasteiger partial charge is 0.330 e. The molecule has 6 heteroatoms. The summed E-state index contributed by atoms with van der Waals surface area (Å²) in [6.45, 7) is 0.467. The molecule has 0 saturated carbocycles. The molecule has 0 radical (unpaired) electrons. The topological polar surface area (TPSA) is 46.6 Å². The minimum absolute atomic E-state index is 0.467. The lowest BCUT2D eigenvalue weighted by atomic mass is 10.2. The van der Waals surface area contributed by atoms with Crippen LogP contribution in [0.5, 0.6) is 0 Å². The molecule has 1 heterocycles. The second-order valence-electron chi connectivity index (χ2n) is 2.50. The lowest BCUT2D eigenvalue weighted by Crippen LogP contribution is -2.38. The Hall–Kier alpha value is -0.480. The predicted molar refractivity (Wildman–Crippen MR) is 42.9 cm³/mol. The lowest BCUT2D eigenvalue weighted by Gasteiger charge is -2.18. The molecule has 1 rings (SSSR count). The Bertz CT molecular complexity index is 209. The Morgan fingerprint density at radius 2 is 2.17 bits per heavy atom. The first kappa shape index (κ1) is 9.61. The summed E-state index contributed by atoms with van der Waals surface area (Å²) in [6, 6.07) is -0.571. The molecule has 1 amide bonds. The van der Waals surface area contributed by atoms with Crippen molar-refractivity contribution >= 4 is 34.8 Å². The van der Waals surface area contributed by atoms with Gasteiger partial charge in [0.05, 0.1) is 0 Å². The fourth-order valence-electron chi connectivity index (χ4n) is 1.27. The molecule has 0 aromatic rings. The van der Waals surface area contributed by atoms with Gasteiger partial charge < -0.3 is 4.29 Å². The molecule has 68 valence electrons. The summed E-state index contributed by atoms with van der Waals surface area (Å²) < 4.78 is 3.96. The normalized spacial score (nSPS) is 22.5. The summed E-state index contributed by atoms with van der Waals surface area (Å²) in [7, 11) is 0. The average Bonchev–Trinajstić information content (AvgIpc) is 2.50. The number of nitrogens with zero attached hydrogens (tertiary/aromatic N) is 1. The van der Waals surface area contributed by atoms with Gasteiger partial charge in [0.1, 0.15) is 17.9 Å². The second kappa shape index (κ2) is 3.96. The molecule has 12 heavy (non-hydrogen) atoms. The monoisotopic (exact) mass is 211 g/mol. The Kier molecular flexibility index (Phi) is 3.17. The van der Waals surface area contributed by atoms with Crippen molar-refractivity contribution in [3.05, 3.63) is 0 Å². The summed E-state index contributed by atoms with van der Waals surface area (Å²) in [5, 5.41) is -0.547. The SMILES string of the molecule is O=C(Cl)[C@@H]1CCCN1C(=O)OCl. The highest BCUT2D eigenvalue weighted by Gasteiger charge is 2.34. The van der Waals surface area contributed by atoms with Gasteiger partial charge in [-0.3, -0.25) is 9.69 Å². The van der Waals surface area contributed by atoms with Crippen LogP contribution in [0.2, 0.25) is 0 Å². The van der Waals surface area contributed by atoms with Crippen molar-refractivity contribution in [1.82, 2.24) is 4.90 Å². The van der Waals surface area contributed by atoms with E-state index < -0.39 is 17.4 Å². The van der Waals surface area contributed by atoms with E-state index in [1.54, 1.807) is 0 Å². The van der Waals surface area contributed by atoms with Crippen LogP contribution in [-0.4, -0.2) is 28.8 Å². The van der Waals surface area contributed by atoms with Crippen LogP contribution >= 0.6 is 23.5 Å². The molecular formula is C6H7Cl2NO3. The molecule has 1 aliphatic heterocycles. The molecule has 1 fully saturated rings. The van der Waals surface area contributed by atoms with Gasteiger partial charge in [-0.25, -0.2) is 4.79 Å². The van der Waals surface area contributed by atoms with Crippen LogP contribution in [0.4, 0.5) is 4.79 Å². The quantitative estimate of drug-likeness (QED) is 0.618. The van der Waals surface area contributed by atoms with Crippen molar-refractivity contribution < 1.29 is 13.9 Å². The number of halogens is 2. The summed E-state index contributed by atoms with van der Waals surface area (Å²) >= 11 is 10.1. The molecular weight excluding hydrogens is 205 g/mol. The van der Waals surface area contributed by atoms with Gasteiger partial charge >= 0.3 is 6.09 Å². The number of carbonyl (C=O) groups is 2. The third kappa shape index (κ3) is 1.81. The van der Waals surface area contributed by atoms with Gasteiger partial charge in [0.2, 0.25) is 5.24 Å². The first-order valence-electron chi connectivity index (χ1n) is 3.45. The number of likely N-dealkylation sites (tertiary alicyclic amines) is 1. The largest absolute Gasteiger partial charge is 0.428 e. The molecule has 0 aromatic carbocycles. The average molecular weight is 212 g/mol. The Morgan fingerprint density at radius 1 is 1.50 bits per heavy atom. The van der Waals surface area contributed by atoms with Crippen molar-refractivity contribution in [1.29, 1.82) is 0 Å². The molecule has 1 aliphatic rings. The van der Waals surface area contributed by atoms with E-state index >= 15 is 0 Å². The third-order valence-electron chi connectivity index (χ3n) is 1.82. The van der Waals surface area contributed by atoms with Crippen molar-refractivity contribution in [2.75, 3.05) is 6.54 Å². The third-order valence-corrected chi connectivity index (χ3v) is 2.20. The molecule has 4 nitrogen and oxygen atoms in total. The van der Waals surface area contributed by atoms with Crippen LogP contribution in [0.3, 0.4) is 0 Å². The summed E-state index contributed by atoms with van der Waals surface area (Å²) in [6.07, 6.45) is 0.608. The maximum Gasteiger partial charge on any atom is 0.428 e. The van der Waals surface area contributed by atoms with E-state index in [9.17, 15) is 9.59 Å². The number of hydrogen-bond donors (Lipinski definition) is 0. The molecule has 0 bridgehead atoms. The second-order valence-corrected chi connectivity index (χ2v) is 3.03. The Balaban J connectivity index is 2.63. The fourth-order valence-corrected chi connectivity index (χ4v) is 1.58. The zero-order valence-corrected chi connectivity index (χ0v) is 7.64. The first-order chi connectivity index (χ1) is 5.66. The van der Waals surface area contributed by atoms with E-state index in [1.165, 1.54) is 4.90 Å². The van der Waals surface area contributed by atoms with Gasteiger partial charge in [0, 0.05) is 6.54 Å². The van der Waals surface area contributed by atoms with E-state index in [0.29, 0.717) is 13.0 Å². The van der Waals surface area contributed by atoms with Crippen LogP contribution in [0, 0.1) is 0 Å². The Labute approximate surface area is 79.5 Å². The molecule has 0 N–H and O–H groups in total. The van der Waals surface area contributed by atoms with Crippen molar-refractivity contribution in [3.63, 3.8) is 0 Å². The highest BCUT2D eigenvalue weighted by Crippen LogP contribution is 2.20. The van der Waals surface area contributed by atoms with Crippen molar-refractivity contribution in [2.24, 2.45) is 0 Å². The number of hydrogen-bond acceptors (Lipinski definition) is 3. The van der Waals surface area contributed by atoms with E-state index in [4.69, 9.17) is 23.5 Å². The molecule has 1 atom stereocenters. The Morgan fingerprint density at radius 3 is 2.67 bits per heavy atom. The highest BCUT2D eigenvalue weighted by molar-refractivity contribution is 6.64. The zero-order chi connectivity index (χ0) is 9.14. The minimum atomic E-state index is -0.715. The molecule has 0 unspecified atom stereocenters. The fraction of sp³-hybridized carbons (Fsp3) is 0.667. The first-order valence-corrected chi connectivity index (χ1v) is 4.14. The number of carbonyl (C=O) groups excluding carboxylic acids is 2. The standard InChI is InChI=1S/C6H7Cl2NO3/c7-5(10)4-2-1-3-9(4)6(11)12-8/h4H,1-3H2/t4-/m0/s1. The maximum absolute atomic E-state index is 10.9. The van der Waals surface area contributed by atoms with E-state index in [-0.39, 0.29) is 0 Å². The van der Waals surface area contributed by atoms with Crippen molar-refractivity contribution in [3.8, 4) is 0 Å². The van der Waals surface area contributed by atoms with Gasteiger partial charge in [-0.15, -0.1) is 0 Å². The lowest BCUT2D eigenvalue weighted by molar-refractivity contribution is -0.115. The van der Waals surface area contributed by atoms with Crippen LogP contribution in [0.25, 0.3) is 0 Å². The van der Waals surface area contributed by atoms with Crippen LogP contribution in [0.15, 0.2) is 0 Å². The summed E-state index contributed by atoms with van der Waals surface area (Å²) in [4.78, 5) is 22.9. The van der Waals surface area contributed by atoms with Gasteiger partial charge in [-0.2, -0.15) is 0 Å². The molecule has 0 aliphatic carbocycles. The number of rotatable bonds is 1. The molecule has 1 saturated heterocycles. The van der Waals surface area contributed by atoms with Crippen LogP contribution in [-0.2, 0) is 9.08 Å². The van der Waals surface area contributed by atoms with E-state index in [0.717, 1.165) is 6.42 Å². The molecule has 0 spiro atoms. The minimum Gasteiger partial charge on any atom is -0.330 e. The van der Waals surface area contributed by atoms with Crippen LogP contribution in [0.1, 0.15) is 12.8 Å². The summed E-state index contributed by atoms with van der Waals surface area (Å²) in [5.74, 6) is 0. The highest BCUT2D eigenvalue weighted by atomic mass is 35.5. The van der Waals surface area contributed by atoms with Gasteiger partial charge in [-0.1, -0.05) is 0 Å². The maximum atomic E-state index is 10.9. The van der Waals surface area contributed by atoms with Crippen molar-refractivity contribution in [2.45, 2.75) is 18.9 Å². The molecule has 0 aromatic heterocycles. The van der Waals surface area contributed by atoms with Crippen LogP contribution < -0.4 is 0 Å². The van der Waals surface area contributed by atoms with Gasteiger partial charge in [-0.05, 0) is 24.4 Å². The van der Waals surface area contributed by atoms with E-state index in [1.807, 2.05) is 0 Å². The van der Waals surface area contributed by atoms with Gasteiger partial charge in [0.25, 0.3) is 0 Å². The number of amides is 1. The predicted octanol–water partition coefficient (Wildman–Crippen LogP) is 1.51.